The molecular formula is C16H24O2. The van der Waals surface area contributed by atoms with E-state index < -0.39 is 11.4 Å². The number of carboxylic acid groups (broad SMARTS) is 1. The largest absolute Gasteiger partial charge is 0.481 e. The molecule has 0 bridgehead atoms. The first-order valence-corrected chi connectivity index (χ1v) is 6.60. The van der Waals surface area contributed by atoms with Crippen molar-refractivity contribution in [1.82, 2.24) is 0 Å². The van der Waals surface area contributed by atoms with Gasteiger partial charge < -0.3 is 5.11 Å². The SMILES string of the molecule is CCCC(C)(Cc1c(C)cc(C)cc1C)C(=O)O. The number of rotatable bonds is 5. The van der Waals surface area contributed by atoms with Crippen LogP contribution in [0.3, 0.4) is 0 Å². The zero-order valence-electron chi connectivity index (χ0n) is 12.1. The molecule has 0 amide bonds. The molecule has 2 nitrogen and oxygen atoms in total. The fourth-order valence-electron chi connectivity index (χ4n) is 2.70. The van der Waals surface area contributed by atoms with Crippen LogP contribution in [0.5, 0.6) is 0 Å². The Kier molecular flexibility index (Phi) is 4.55. The van der Waals surface area contributed by atoms with Gasteiger partial charge in [0.15, 0.2) is 0 Å². The van der Waals surface area contributed by atoms with Gasteiger partial charge in [0.05, 0.1) is 5.41 Å². The Morgan fingerprint density at radius 3 is 2.11 bits per heavy atom. The van der Waals surface area contributed by atoms with Crippen LogP contribution in [-0.4, -0.2) is 11.1 Å². The molecule has 1 aromatic rings. The molecule has 18 heavy (non-hydrogen) atoms. The van der Waals surface area contributed by atoms with E-state index in [0.29, 0.717) is 6.42 Å². The molecule has 1 aromatic carbocycles. The molecule has 100 valence electrons. The van der Waals surface area contributed by atoms with Crippen LogP contribution in [0.25, 0.3) is 0 Å². The zero-order chi connectivity index (χ0) is 13.9. The minimum absolute atomic E-state index is 0.619. The van der Waals surface area contributed by atoms with Gasteiger partial charge >= 0.3 is 5.97 Å². The van der Waals surface area contributed by atoms with Crippen LogP contribution in [-0.2, 0) is 11.2 Å². The second kappa shape index (κ2) is 5.55. The van der Waals surface area contributed by atoms with Gasteiger partial charge in [0, 0.05) is 0 Å². The first kappa shape index (κ1) is 14.7. The molecular weight excluding hydrogens is 224 g/mol. The maximum atomic E-state index is 11.5. The van der Waals surface area contributed by atoms with E-state index in [1.807, 2.05) is 13.8 Å². The molecule has 1 atom stereocenters. The molecule has 0 aliphatic rings. The Hall–Kier alpha value is -1.31. The van der Waals surface area contributed by atoms with E-state index in [4.69, 9.17) is 0 Å². The topological polar surface area (TPSA) is 37.3 Å². The highest BCUT2D eigenvalue weighted by Gasteiger charge is 2.33. The lowest BCUT2D eigenvalue weighted by Crippen LogP contribution is -2.30. The summed E-state index contributed by atoms with van der Waals surface area (Å²) in [6.07, 6.45) is 2.23. The predicted molar refractivity (Wildman–Crippen MR) is 75.0 cm³/mol. The van der Waals surface area contributed by atoms with E-state index in [-0.39, 0.29) is 0 Å². The molecule has 0 aromatic heterocycles. The van der Waals surface area contributed by atoms with E-state index in [1.54, 1.807) is 0 Å². The quantitative estimate of drug-likeness (QED) is 0.853. The molecule has 0 fully saturated rings. The van der Waals surface area contributed by atoms with Crippen molar-refractivity contribution in [3.05, 3.63) is 34.4 Å². The summed E-state index contributed by atoms with van der Waals surface area (Å²) >= 11 is 0. The van der Waals surface area contributed by atoms with E-state index >= 15 is 0 Å². The monoisotopic (exact) mass is 248 g/mol. The lowest BCUT2D eigenvalue weighted by atomic mass is 9.77. The molecule has 0 saturated heterocycles. The van der Waals surface area contributed by atoms with E-state index in [1.165, 1.54) is 22.3 Å². The third kappa shape index (κ3) is 3.12. The van der Waals surface area contributed by atoms with Crippen LogP contribution in [0.1, 0.15) is 48.9 Å². The maximum absolute atomic E-state index is 11.5. The Bertz CT molecular complexity index is 425. The Morgan fingerprint density at radius 1 is 1.22 bits per heavy atom. The third-order valence-corrected chi connectivity index (χ3v) is 3.73. The van der Waals surface area contributed by atoms with E-state index in [9.17, 15) is 9.90 Å². The summed E-state index contributed by atoms with van der Waals surface area (Å²) in [5, 5.41) is 9.46. The van der Waals surface area contributed by atoms with Gasteiger partial charge in [-0.1, -0.05) is 31.0 Å². The molecule has 0 spiro atoms. The van der Waals surface area contributed by atoms with Gasteiger partial charge in [0.1, 0.15) is 0 Å². The summed E-state index contributed by atoms with van der Waals surface area (Å²) in [6, 6.07) is 4.27. The molecule has 0 saturated carbocycles. The number of carboxylic acids is 1. The van der Waals surface area contributed by atoms with Gasteiger partial charge in [-0.25, -0.2) is 0 Å². The predicted octanol–water partition coefficient (Wildman–Crippen LogP) is 4.05. The van der Waals surface area contributed by atoms with Crippen molar-refractivity contribution in [2.24, 2.45) is 5.41 Å². The highest BCUT2D eigenvalue weighted by Crippen LogP contribution is 2.31. The summed E-state index contributed by atoms with van der Waals surface area (Å²) in [6.45, 7) is 10.1. The van der Waals surface area contributed by atoms with Crippen LogP contribution in [0.4, 0.5) is 0 Å². The fraction of sp³-hybridized carbons (Fsp3) is 0.562. The average molecular weight is 248 g/mol. The second-order valence-electron chi connectivity index (χ2n) is 5.67. The number of aliphatic carboxylic acids is 1. The maximum Gasteiger partial charge on any atom is 0.309 e. The molecule has 1 rings (SSSR count). The summed E-state index contributed by atoms with van der Waals surface area (Å²) < 4.78 is 0. The van der Waals surface area contributed by atoms with Crippen molar-refractivity contribution >= 4 is 5.97 Å². The minimum Gasteiger partial charge on any atom is -0.481 e. The van der Waals surface area contributed by atoms with Crippen LogP contribution in [0.15, 0.2) is 12.1 Å². The standard InChI is InChI=1S/C16H24O2/c1-6-7-16(5,15(17)18)10-14-12(3)8-11(2)9-13(14)4/h8-9H,6-7,10H2,1-5H3,(H,17,18). The van der Waals surface area contributed by atoms with Crippen molar-refractivity contribution in [3.8, 4) is 0 Å². The van der Waals surface area contributed by atoms with Gasteiger partial charge in [-0.2, -0.15) is 0 Å². The molecule has 2 heteroatoms. The second-order valence-corrected chi connectivity index (χ2v) is 5.67. The van der Waals surface area contributed by atoms with Crippen molar-refractivity contribution < 1.29 is 9.90 Å². The number of aryl methyl sites for hydroxylation is 3. The summed E-state index contributed by atoms with van der Waals surface area (Å²) in [5.41, 5.74) is 4.19. The van der Waals surface area contributed by atoms with Gasteiger partial charge in [0.2, 0.25) is 0 Å². The fourth-order valence-corrected chi connectivity index (χ4v) is 2.70. The molecule has 0 radical (unpaired) electrons. The highest BCUT2D eigenvalue weighted by atomic mass is 16.4. The Labute approximate surface area is 110 Å². The van der Waals surface area contributed by atoms with Gasteiger partial charge in [-0.15, -0.1) is 0 Å². The minimum atomic E-state index is -0.691. The van der Waals surface area contributed by atoms with Crippen molar-refractivity contribution in [3.63, 3.8) is 0 Å². The summed E-state index contributed by atoms with van der Waals surface area (Å²) in [5.74, 6) is -0.691. The number of carbonyl (C=O) groups is 1. The number of hydrogen-bond donors (Lipinski definition) is 1. The number of benzene rings is 1. The van der Waals surface area contributed by atoms with Crippen LogP contribution < -0.4 is 0 Å². The Morgan fingerprint density at radius 2 is 1.72 bits per heavy atom. The van der Waals surface area contributed by atoms with Gasteiger partial charge in [-0.05, 0) is 57.2 Å². The normalized spacial score (nSPS) is 14.3. The van der Waals surface area contributed by atoms with Crippen molar-refractivity contribution in [2.45, 2.75) is 53.9 Å². The number of hydrogen-bond acceptors (Lipinski definition) is 1. The van der Waals surface area contributed by atoms with Gasteiger partial charge in [-0.3, -0.25) is 4.79 Å². The Balaban J connectivity index is 3.13. The first-order valence-electron chi connectivity index (χ1n) is 6.60. The lowest BCUT2D eigenvalue weighted by molar-refractivity contribution is -0.148. The zero-order valence-corrected chi connectivity index (χ0v) is 12.1. The molecule has 0 aliphatic heterocycles. The third-order valence-electron chi connectivity index (χ3n) is 3.73. The van der Waals surface area contributed by atoms with Crippen molar-refractivity contribution in [2.75, 3.05) is 0 Å². The van der Waals surface area contributed by atoms with Crippen molar-refractivity contribution in [1.29, 1.82) is 0 Å². The van der Waals surface area contributed by atoms with Crippen LogP contribution in [0.2, 0.25) is 0 Å². The summed E-state index contributed by atoms with van der Waals surface area (Å²) in [4.78, 5) is 11.5. The summed E-state index contributed by atoms with van der Waals surface area (Å²) in [7, 11) is 0. The molecule has 1 unspecified atom stereocenters. The molecule has 1 N–H and O–H groups in total. The van der Waals surface area contributed by atoms with Crippen LogP contribution in [0, 0.1) is 26.2 Å². The smallest absolute Gasteiger partial charge is 0.309 e. The average Bonchev–Trinajstić information content (AvgIpc) is 2.23. The first-order chi connectivity index (χ1) is 8.30. The molecule has 0 heterocycles. The van der Waals surface area contributed by atoms with E-state index in [0.717, 1.165) is 12.8 Å². The van der Waals surface area contributed by atoms with Gasteiger partial charge in [0.25, 0.3) is 0 Å². The highest BCUT2D eigenvalue weighted by molar-refractivity contribution is 5.74. The van der Waals surface area contributed by atoms with E-state index in [2.05, 4.69) is 32.9 Å². The lowest BCUT2D eigenvalue weighted by Gasteiger charge is -2.26. The van der Waals surface area contributed by atoms with Crippen LogP contribution >= 0.6 is 0 Å². The molecule has 0 aliphatic carbocycles.